The Balaban J connectivity index is 1.86. The summed E-state index contributed by atoms with van der Waals surface area (Å²) in [6.45, 7) is 0. The Hall–Kier alpha value is -3.29. The van der Waals surface area contributed by atoms with E-state index in [1.807, 2.05) is 6.07 Å². The van der Waals surface area contributed by atoms with Gasteiger partial charge in [0.1, 0.15) is 0 Å². The molecule has 0 saturated heterocycles. The summed E-state index contributed by atoms with van der Waals surface area (Å²) in [7, 11) is 1.44. The van der Waals surface area contributed by atoms with Crippen molar-refractivity contribution >= 4 is 11.6 Å². The van der Waals surface area contributed by atoms with Crippen molar-refractivity contribution < 1.29 is 22.7 Å². The molecule has 0 radical (unpaired) electrons. The van der Waals surface area contributed by atoms with Crippen LogP contribution in [0, 0.1) is 0 Å². The monoisotopic (exact) mass is 361 g/mol. The highest BCUT2D eigenvalue weighted by molar-refractivity contribution is 6.03. The van der Waals surface area contributed by atoms with Crippen LogP contribution in [0.4, 0.5) is 18.9 Å². The lowest BCUT2D eigenvalue weighted by atomic mass is 10.2. The third-order valence-electron chi connectivity index (χ3n) is 3.57. The molecule has 5 nitrogen and oxygen atoms in total. The van der Waals surface area contributed by atoms with E-state index in [0.29, 0.717) is 11.6 Å². The first kappa shape index (κ1) is 17.5. The fourth-order valence-corrected chi connectivity index (χ4v) is 2.34. The molecule has 3 rings (SSSR count). The minimum Gasteiger partial charge on any atom is -0.481 e. The van der Waals surface area contributed by atoms with Gasteiger partial charge in [-0.05, 0) is 30.3 Å². The molecule has 0 unspecified atom stereocenters. The van der Waals surface area contributed by atoms with Crippen LogP contribution in [0.25, 0.3) is 5.69 Å². The molecule has 0 aliphatic carbocycles. The Bertz CT molecular complexity index is 921. The number of aromatic nitrogens is 2. The number of methoxy groups -OCH3 is 1. The number of nitrogens with zero attached hydrogens (tertiary/aromatic N) is 2. The minimum atomic E-state index is -4.49. The molecule has 0 aliphatic heterocycles. The Kier molecular flexibility index (Phi) is 4.66. The molecule has 0 spiro atoms. The number of carbonyl (C=O) groups excluding carboxylic acids is 1. The molecular formula is C18H14F3N3O2. The highest BCUT2D eigenvalue weighted by Crippen LogP contribution is 2.30. The summed E-state index contributed by atoms with van der Waals surface area (Å²) in [5.74, 6) is -0.317. The van der Waals surface area contributed by atoms with Crippen LogP contribution in [-0.4, -0.2) is 22.8 Å². The topological polar surface area (TPSA) is 56.1 Å². The van der Waals surface area contributed by atoms with Gasteiger partial charge in [-0.25, -0.2) is 4.68 Å². The minimum absolute atomic E-state index is 0.0168. The predicted molar refractivity (Wildman–Crippen MR) is 89.5 cm³/mol. The van der Waals surface area contributed by atoms with E-state index in [9.17, 15) is 18.0 Å². The molecule has 8 heteroatoms. The summed E-state index contributed by atoms with van der Waals surface area (Å²) in [6.07, 6.45) is -4.49. The predicted octanol–water partition coefficient (Wildman–Crippen LogP) is 4.15. The molecule has 1 aromatic heterocycles. The summed E-state index contributed by atoms with van der Waals surface area (Å²) in [4.78, 5) is 12.4. The fraction of sp³-hybridized carbons (Fsp3) is 0.111. The lowest BCUT2D eigenvalue weighted by Gasteiger charge is -2.09. The average Bonchev–Trinajstić information content (AvgIpc) is 3.06. The fourth-order valence-electron chi connectivity index (χ4n) is 2.34. The smallest absolute Gasteiger partial charge is 0.416 e. The third kappa shape index (κ3) is 3.69. The Morgan fingerprint density at radius 1 is 1.08 bits per heavy atom. The van der Waals surface area contributed by atoms with Gasteiger partial charge < -0.3 is 10.1 Å². The van der Waals surface area contributed by atoms with Crippen molar-refractivity contribution in [2.45, 2.75) is 6.18 Å². The number of carbonyl (C=O) groups is 1. The van der Waals surface area contributed by atoms with Crippen LogP contribution in [0.3, 0.4) is 0 Å². The number of amides is 1. The van der Waals surface area contributed by atoms with E-state index in [0.717, 1.165) is 12.1 Å². The highest BCUT2D eigenvalue weighted by atomic mass is 19.4. The van der Waals surface area contributed by atoms with Crippen molar-refractivity contribution in [3.8, 4) is 11.6 Å². The lowest BCUT2D eigenvalue weighted by molar-refractivity contribution is -0.137. The van der Waals surface area contributed by atoms with Crippen LogP contribution < -0.4 is 10.1 Å². The van der Waals surface area contributed by atoms with Gasteiger partial charge in [-0.2, -0.15) is 18.3 Å². The van der Waals surface area contributed by atoms with Gasteiger partial charge in [0.2, 0.25) is 5.88 Å². The van der Waals surface area contributed by atoms with Crippen molar-refractivity contribution in [2.75, 3.05) is 12.4 Å². The maximum atomic E-state index is 12.8. The number of ether oxygens (including phenoxy) is 1. The lowest BCUT2D eigenvalue weighted by Crippen LogP contribution is -2.14. The van der Waals surface area contributed by atoms with E-state index in [4.69, 9.17) is 4.74 Å². The molecule has 0 aliphatic rings. The molecular weight excluding hydrogens is 347 g/mol. The van der Waals surface area contributed by atoms with Crippen LogP contribution in [0.2, 0.25) is 0 Å². The summed E-state index contributed by atoms with van der Waals surface area (Å²) >= 11 is 0. The first-order chi connectivity index (χ1) is 12.4. The van der Waals surface area contributed by atoms with E-state index >= 15 is 0 Å². The number of benzene rings is 2. The number of nitrogens with one attached hydrogen (secondary N) is 1. The number of halogens is 3. The molecule has 0 saturated carbocycles. The first-order valence-electron chi connectivity index (χ1n) is 7.56. The van der Waals surface area contributed by atoms with Crippen LogP contribution in [-0.2, 0) is 6.18 Å². The largest absolute Gasteiger partial charge is 0.481 e. The Morgan fingerprint density at radius 3 is 2.46 bits per heavy atom. The van der Waals surface area contributed by atoms with Gasteiger partial charge in [0.15, 0.2) is 5.69 Å². The van der Waals surface area contributed by atoms with E-state index in [1.54, 1.807) is 24.3 Å². The number of anilines is 1. The number of para-hydroxylation sites is 1. The SMILES string of the molecule is COc1cc(C(=O)Nc2cccc(C(F)(F)F)c2)nn1-c1ccccc1. The molecule has 0 bridgehead atoms. The second-order valence-corrected chi connectivity index (χ2v) is 5.35. The third-order valence-corrected chi connectivity index (χ3v) is 3.57. The van der Waals surface area contributed by atoms with Crippen LogP contribution in [0.15, 0.2) is 60.7 Å². The maximum Gasteiger partial charge on any atom is 0.416 e. The zero-order valence-corrected chi connectivity index (χ0v) is 13.6. The quantitative estimate of drug-likeness (QED) is 0.759. The van der Waals surface area contributed by atoms with Crippen LogP contribution >= 0.6 is 0 Å². The summed E-state index contributed by atoms with van der Waals surface area (Å²) < 4.78 is 45.0. The summed E-state index contributed by atoms with van der Waals surface area (Å²) in [5, 5.41) is 6.59. The molecule has 134 valence electrons. The van der Waals surface area contributed by atoms with E-state index in [1.165, 1.54) is 30.0 Å². The van der Waals surface area contributed by atoms with Crippen molar-refractivity contribution in [3.63, 3.8) is 0 Å². The zero-order valence-electron chi connectivity index (χ0n) is 13.6. The first-order valence-corrected chi connectivity index (χ1v) is 7.56. The average molecular weight is 361 g/mol. The number of rotatable bonds is 4. The van der Waals surface area contributed by atoms with E-state index in [2.05, 4.69) is 10.4 Å². The normalized spacial score (nSPS) is 11.2. The van der Waals surface area contributed by atoms with Gasteiger partial charge in [0, 0.05) is 11.8 Å². The molecule has 0 fully saturated rings. The number of hydrogen-bond acceptors (Lipinski definition) is 3. The van der Waals surface area contributed by atoms with Gasteiger partial charge in [0.25, 0.3) is 5.91 Å². The van der Waals surface area contributed by atoms with Crippen LogP contribution in [0.5, 0.6) is 5.88 Å². The number of hydrogen-bond donors (Lipinski definition) is 1. The van der Waals surface area contributed by atoms with Crippen molar-refractivity contribution in [1.29, 1.82) is 0 Å². The van der Waals surface area contributed by atoms with Crippen molar-refractivity contribution in [1.82, 2.24) is 9.78 Å². The summed E-state index contributed by atoms with van der Waals surface area (Å²) in [6, 6.07) is 14.8. The molecule has 26 heavy (non-hydrogen) atoms. The van der Waals surface area contributed by atoms with E-state index in [-0.39, 0.29) is 11.4 Å². The molecule has 1 heterocycles. The highest BCUT2D eigenvalue weighted by Gasteiger charge is 2.30. The zero-order chi connectivity index (χ0) is 18.7. The molecule has 3 aromatic rings. The Labute approximate surface area is 147 Å². The number of alkyl halides is 3. The standard InChI is InChI=1S/C18H14F3N3O2/c1-26-16-11-15(23-24(16)14-8-3-2-4-9-14)17(25)22-13-7-5-6-12(10-13)18(19,20)21/h2-11H,1H3,(H,22,25). The summed E-state index contributed by atoms with van der Waals surface area (Å²) in [5.41, 5.74) is -0.119. The van der Waals surface area contributed by atoms with Crippen LogP contribution in [0.1, 0.15) is 16.1 Å². The second-order valence-electron chi connectivity index (χ2n) is 5.35. The van der Waals surface area contributed by atoms with Gasteiger partial charge >= 0.3 is 6.18 Å². The molecule has 0 atom stereocenters. The second kappa shape index (κ2) is 6.91. The van der Waals surface area contributed by atoms with Gasteiger partial charge in [0.05, 0.1) is 18.4 Å². The van der Waals surface area contributed by atoms with Gasteiger partial charge in [-0.1, -0.05) is 24.3 Å². The van der Waals surface area contributed by atoms with Gasteiger partial charge in [-0.3, -0.25) is 4.79 Å². The van der Waals surface area contributed by atoms with Crippen molar-refractivity contribution in [2.24, 2.45) is 0 Å². The molecule has 1 N–H and O–H groups in total. The van der Waals surface area contributed by atoms with E-state index < -0.39 is 17.6 Å². The molecule has 2 aromatic carbocycles. The van der Waals surface area contributed by atoms with Gasteiger partial charge in [-0.15, -0.1) is 0 Å². The van der Waals surface area contributed by atoms with Crippen molar-refractivity contribution in [3.05, 3.63) is 71.9 Å². The maximum absolute atomic E-state index is 12.8. The molecule has 1 amide bonds. The Morgan fingerprint density at radius 2 is 1.81 bits per heavy atom.